The van der Waals surface area contributed by atoms with Crippen LogP contribution < -0.4 is 4.74 Å². The van der Waals surface area contributed by atoms with E-state index >= 15 is 0 Å². The van der Waals surface area contributed by atoms with E-state index in [0.717, 1.165) is 65.2 Å². The van der Waals surface area contributed by atoms with Crippen LogP contribution in [0.25, 0.3) is 27.8 Å². The molecular formula is C36H28Cl2O3S. The van der Waals surface area contributed by atoms with Gasteiger partial charge in [0.1, 0.15) is 5.75 Å². The summed E-state index contributed by atoms with van der Waals surface area (Å²) in [7, 11) is 0. The maximum absolute atomic E-state index is 10.9. The molecule has 0 aliphatic heterocycles. The van der Waals surface area contributed by atoms with Gasteiger partial charge in [-0.15, -0.1) is 11.8 Å². The van der Waals surface area contributed by atoms with Crippen LogP contribution in [-0.4, -0.2) is 23.4 Å². The van der Waals surface area contributed by atoms with E-state index in [-0.39, 0.29) is 6.61 Å². The number of hydrogen-bond donors (Lipinski definition) is 1. The van der Waals surface area contributed by atoms with Gasteiger partial charge in [-0.2, -0.15) is 0 Å². The molecule has 0 bridgehead atoms. The highest BCUT2D eigenvalue weighted by Gasteiger charge is 2.09. The van der Waals surface area contributed by atoms with Gasteiger partial charge in [-0.25, -0.2) is 4.79 Å². The highest BCUT2D eigenvalue weighted by atomic mass is 35.5. The number of aryl methyl sites for hydroxylation is 1. The Balaban J connectivity index is 1.40. The molecule has 42 heavy (non-hydrogen) atoms. The monoisotopic (exact) mass is 610 g/mol. The molecule has 5 aromatic rings. The first-order valence-electron chi connectivity index (χ1n) is 13.4. The minimum absolute atomic E-state index is 0.354. The number of rotatable bonds is 10. The molecule has 3 nitrogen and oxygen atoms in total. The summed E-state index contributed by atoms with van der Waals surface area (Å²) in [5.74, 6) is 0.342. The van der Waals surface area contributed by atoms with Crippen LogP contribution >= 0.6 is 35.0 Å². The maximum atomic E-state index is 10.9. The Morgan fingerprint density at radius 1 is 0.714 bits per heavy atom. The molecular weight excluding hydrogens is 583 g/mol. The molecule has 0 atom stereocenters. The van der Waals surface area contributed by atoms with Crippen LogP contribution in [0.15, 0.2) is 126 Å². The fourth-order valence-corrected chi connectivity index (χ4v) is 5.72. The quantitative estimate of drug-likeness (QED) is 0.160. The van der Waals surface area contributed by atoms with Crippen molar-refractivity contribution in [1.29, 1.82) is 0 Å². The van der Waals surface area contributed by atoms with Crippen molar-refractivity contribution in [2.45, 2.75) is 11.8 Å². The third kappa shape index (κ3) is 7.65. The molecule has 0 heterocycles. The molecule has 0 amide bonds. The van der Waals surface area contributed by atoms with Gasteiger partial charge in [-0.05, 0) is 93.9 Å². The summed E-state index contributed by atoms with van der Waals surface area (Å²) >= 11 is 13.9. The Bertz CT molecular complexity index is 1600. The highest BCUT2D eigenvalue weighted by molar-refractivity contribution is 7.99. The zero-order chi connectivity index (χ0) is 29.5. The van der Waals surface area contributed by atoms with Gasteiger partial charge in [0, 0.05) is 20.7 Å². The lowest BCUT2D eigenvalue weighted by atomic mass is 9.94. The predicted molar refractivity (Wildman–Crippen MR) is 176 cm³/mol. The van der Waals surface area contributed by atoms with Crippen molar-refractivity contribution in [3.63, 3.8) is 0 Å². The van der Waals surface area contributed by atoms with E-state index in [1.165, 1.54) is 0 Å². The molecule has 1 N–H and O–H groups in total. The fourth-order valence-electron chi connectivity index (χ4n) is 4.61. The van der Waals surface area contributed by atoms with Gasteiger partial charge in [-0.3, -0.25) is 0 Å². The molecule has 0 unspecified atom stereocenters. The minimum Gasteiger partial charge on any atom is -0.482 e. The van der Waals surface area contributed by atoms with Crippen LogP contribution in [0.2, 0.25) is 10.0 Å². The van der Waals surface area contributed by atoms with Crippen LogP contribution in [-0.2, 0) is 4.79 Å². The summed E-state index contributed by atoms with van der Waals surface area (Å²) in [5, 5.41) is 10.3. The van der Waals surface area contributed by atoms with Crippen LogP contribution in [0.5, 0.6) is 5.75 Å². The van der Waals surface area contributed by atoms with Gasteiger partial charge >= 0.3 is 5.97 Å². The molecule has 0 saturated heterocycles. The third-order valence-corrected chi connectivity index (χ3v) is 8.21. The van der Waals surface area contributed by atoms with Crippen molar-refractivity contribution in [2.24, 2.45) is 0 Å². The molecule has 0 spiro atoms. The molecule has 210 valence electrons. The lowest BCUT2D eigenvalue weighted by molar-refractivity contribution is -0.139. The Morgan fingerprint density at radius 3 is 1.60 bits per heavy atom. The second-order valence-corrected chi connectivity index (χ2v) is 11.7. The number of halogens is 2. The maximum Gasteiger partial charge on any atom is 0.341 e. The van der Waals surface area contributed by atoms with Crippen molar-refractivity contribution in [3.8, 4) is 28.0 Å². The van der Waals surface area contributed by atoms with Crippen molar-refractivity contribution >= 4 is 46.5 Å². The van der Waals surface area contributed by atoms with Crippen LogP contribution in [0, 0.1) is 6.92 Å². The second-order valence-electron chi connectivity index (χ2n) is 9.71. The summed E-state index contributed by atoms with van der Waals surface area (Å²) in [5.41, 5.74) is 8.79. The van der Waals surface area contributed by atoms with Gasteiger partial charge in [-0.1, -0.05) is 102 Å². The van der Waals surface area contributed by atoms with Crippen molar-refractivity contribution in [2.75, 3.05) is 12.4 Å². The SMILES string of the molecule is Cc1cc(SCC=C(c2ccc(-c3ccc(Cl)cc3)cc2)c2ccc(-c3ccc(Cl)cc3)cc2)ccc1OCC(=O)O. The number of thioether (sulfide) groups is 1. The van der Waals surface area contributed by atoms with Crippen LogP contribution in [0.4, 0.5) is 0 Å². The van der Waals surface area contributed by atoms with Crippen molar-refractivity contribution in [1.82, 2.24) is 0 Å². The standard InChI is InChI=1S/C36H28Cl2O3S/c1-24-22-33(18-19-35(24)41-23-36(39)40)42-21-20-34(29-6-2-25(3-7-29)27-10-14-31(37)15-11-27)30-8-4-26(5-9-30)28-12-16-32(38)17-13-28/h2-20,22H,21,23H2,1H3,(H,39,40). The van der Waals surface area contributed by atoms with E-state index < -0.39 is 5.97 Å². The molecule has 5 aromatic carbocycles. The highest BCUT2D eigenvalue weighted by Crippen LogP contribution is 2.32. The lowest BCUT2D eigenvalue weighted by Crippen LogP contribution is -2.09. The van der Waals surface area contributed by atoms with Crippen molar-refractivity contribution in [3.05, 3.63) is 148 Å². The van der Waals surface area contributed by atoms with E-state index in [1.807, 2.05) is 73.7 Å². The zero-order valence-electron chi connectivity index (χ0n) is 22.9. The number of benzene rings is 5. The van der Waals surface area contributed by atoms with E-state index in [9.17, 15) is 4.79 Å². The van der Waals surface area contributed by atoms with E-state index in [2.05, 4.69) is 54.6 Å². The molecule has 0 aliphatic carbocycles. The average Bonchev–Trinajstić information content (AvgIpc) is 3.00. The molecule has 0 fully saturated rings. The number of ether oxygens (including phenoxy) is 1. The first kappa shape index (κ1) is 29.5. The molecule has 0 saturated carbocycles. The fraction of sp³-hybridized carbons (Fsp3) is 0.0833. The van der Waals surface area contributed by atoms with E-state index in [0.29, 0.717) is 5.75 Å². The predicted octanol–water partition coefficient (Wildman–Crippen LogP) is 10.3. The number of hydrogen-bond acceptors (Lipinski definition) is 3. The van der Waals surface area contributed by atoms with E-state index in [1.54, 1.807) is 11.8 Å². The zero-order valence-corrected chi connectivity index (χ0v) is 25.2. The Kier molecular flexibility index (Phi) is 9.70. The number of carboxylic acids is 1. The summed E-state index contributed by atoms with van der Waals surface area (Å²) < 4.78 is 5.37. The smallest absolute Gasteiger partial charge is 0.341 e. The normalized spacial score (nSPS) is 10.7. The third-order valence-electron chi connectivity index (χ3n) is 6.78. The first-order valence-corrected chi connectivity index (χ1v) is 15.1. The number of aliphatic carboxylic acids is 1. The van der Waals surface area contributed by atoms with Crippen LogP contribution in [0.3, 0.4) is 0 Å². The summed E-state index contributed by atoms with van der Waals surface area (Å²) in [6.07, 6.45) is 2.25. The van der Waals surface area contributed by atoms with Gasteiger partial charge in [0.25, 0.3) is 0 Å². The summed E-state index contributed by atoms with van der Waals surface area (Å²) in [4.78, 5) is 11.9. The number of carbonyl (C=O) groups is 1. The lowest BCUT2D eigenvalue weighted by Gasteiger charge is -2.12. The van der Waals surface area contributed by atoms with E-state index in [4.69, 9.17) is 33.0 Å². The van der Waals surface area contributed by atoms with Gasteiger partial charge in [0.05, 0.1) is 0 Å². The molecule has 5 rings (SSSR count). The summed E-state index contributed by atoms with van der Waals surface area (Å²) in [6.45, 7) is 1.57. The topological polar surface area (TPSA) is 46.5 Å². The Labute approximate surface area is 260 Å². The molecule has 0 aliphatic rings. The second kappa shape index (κ2) is 13.8. The minimum atomic E-state index is -0.993. The summed E-state index contributed by atoms with van der Waals surface area (Å²) in [6, 6.07) is 38.7. The molecule has 0 aromatic heterocycles. The molecule has 0 radical (unpaired) electrons. The number of carboxylic acid groups (broad SMARTS) is 1. The molecule has 6 heteroatoms. The van der Waals surface area contributed by atoms with Gasteiger partial charge in [0.2, 0.25) is 0 Å². The Hall–Kier alpha value is -3.96. The van der Waals surface area contributed by atoms with Crippen LogP contribution in [0.1, 0.15) is 16.7 Å². The van der Waals surface area contributed by atoms with Gasteiger partial charge in [0.15, 0.2) is 6.61 Å². The van der Waals surface area contributed by atoms with Gasteiger partial charge < -0.3 is 9.84 Å². The first-order chi connectivity index (χ1) is 20.4. The largest absolute Gasteiger partial charge is 0.482 e. The average molecular weight is 612 g/mol. The Morgan fingerprint density at radius 2 is 1.17 bits per heavy atom. The van der Waals surface area contributed by atoms with Crippen molar-refractivity contribution < 1.29 is 14.6 Å².